The summed E-state index contributed by atoms with van der Waals surface area (Å²) in [7, 11) is 0. The van der Waals surface area contributed by atoms with Crippen LogP contribution in [0.2, 0.25) is 0 Å². The molecule has 0 N–H and O–H groups in total. The number of hydrogen-bond acceptors (Lipinski definition) is 2. The second kappa shape index (κ2) is 8.70. The van der Waals surface area contributed by atoms with Crippen LogP contribution in [-0.4, -0.2) is 9.55 Å². The first-order valence-electron chi connectivity index (χ1n) is 9.41. The highest BCUT2D eigenvalue weighted by atomic mass is 16.5. The third kappa shape index (κ3) is 4.62. The van der Waals surface area contributed by atoms with Gasteiger partial charge in [-0.25, -0.2) is 4.98 Å². The average molecular weight is 336 g/mol. The Bertz CT molecular complexity index is 789. The van der Waals surface area contributed by atoms with E-state index in [1.54, 1.807) is 0 Å². The monoisotopic (exact) mass is 336 g/mol. The van der Waals surface area contributed by atoms with Crippen molar-refractivity contribution in [3.05, 3.63) is 59.9 Å². The molecule has 3 aromatic rings. The standard InChI is InChI=1S/C22H28N2O/c1-3-4-5-6-9-16-24-21-11-8-7-10-20(21)23-22(24)17-25-19-14-12-18(2)13-15-19/h7-8,10-15H,3-6,9,16-17H2,1-2H3. The average Bonchev–Trinajstić information content (AvgIpc) is 2.99. The van der Waals surface area contributed by atoms with Gasteiger partial charge >= 0.3 is 0 Å². The summed E-state index contributed by atoms with van der Waals surface area (Å²) in [4.78, 5) is 4.80. The minimum Gasteiger partial charge on any atom is -0.486 e. The van der Waals surface area contributed by atoms with E-state index in [-0.39, 0.29) is 0 Å². The highest BCUT2D eigenvalue weighted by Gasteiger charge is 2.10. The van der Waals surface area contributed by atoms with Crippen LogP contribution in [0.4, 0.5) is 0 Å². The fourth-order valence-electron chi connectivity index (χ4n) is 3.14. The van der Waals surface area contributed by atoms with Crippen molar-refractivity contribution in [3.8, 4) is 5.75 Å². The number of ether oxygens (including phenoxy) is 1. The lowest BCUT2D eigenvalue weighted by Crippen LogP contribution is -2.07. The summed E-state index contributed by atoms with van der Waals surface area (Å²) >= 11 is 0. The molecule has 0 spiro atoms. The first kappa shape index (κ1) is 17.5. The van der Waals surface area contributed by atoms with Crippen molar-refractivity contribution in [2.75, 3.05) is 0 Å². The molecule has 0 aliphatic heterocycles. The molecule has 0 amide bonds. The number of hydrogen-bond donors (Lipinski definition) is 0. The summed E-state index contributed by atoms with van der Waals surface area (Å²) < 4.78 is 8.31. The molecule has 3 heteroatoms. The number of para-hydroxylation sites is 2. The van der Waals surface area contributed by atoms with Crippen molar-refractivity contribution < 1.29 is 4.74 Å². The number of benzene rings is 2. The Morgan fingerprint density at radius 3 is 2.48 bits per heavy atom. The maximum absolute atomic E-state index is 5.98. The molecule has 25 heavy (non-hydrogen) atoms. The second-order valence-corrected chi connectivity index (χ2v) is 6.68. The maximum Gasteiger partial charge on any atom is 0.147 e. The number of rotatable bonds is 9. The first-order valence-corrected chi connectivity index (χ1v) is 9.41. The van der Waals surface area contributed by atoms with Crippen LogP contribution in [0.3, 0.4) is 0 Å². The van der Waals surface area contributed by atoms with Crippen LogP contribution in [-0.2, 0) is 13.2 Å². The molecule has 1 heterocycles. The fraction of sp³-hybridized carbons (Fsp3) is 0.409. The van der Waals surface area contributed by atoms with E-state index in [0.717, 1.165) is 23.6 Å². The molecule has 0 aliphatic carbocycles. The Morgan fingerprint density at radius 1 is 0.920 bits per heavy atom. The Balaban J connectivity index is 1.71. The van der Waals surface area contributed by atoms with Crippen molar-refractivity contribution >= 4 is 11.0 Å². The van der Waals surface area contributed by atoms with Crippen molar-refractivity contribution in [3.63, 3.8) is 0 Å². The molecule has 0 bridgehead atoms. The second-order valence-electron chi connectivity index (χ2n) is 6.68. The largest absolute Gasteiger partial charge is 0.486 e. The zero-order valence-electron chi connectivity index (χ0n) is 15.4. The molecule has 3 nitrogen and oxygen atoms in total. The molecule has 0 radical (unpaired) electrons. The molecule has 0 atom stereocenters. The summed E-state index contributed by atoms with van der Waals surface area (Å²) in [6.07, 6.45) is 6.40. The van der Waals surface area contributed by atoms with Crippen LogP contribution < -0.4 is 4.74 Å². The third-order valence-electron chi connectivity index (χ3n) is 4.61. The van der Waals surface area contributed by atoms with E-state index in [0.29, 0.717) is 6.61 Å². The molecular weight excluding hydrogens is 308 g/mol. The van der Waals surface area contributed by atoms with Crippen molar-refractivity contribution in [2.45, 2.75) is 59.1 Å². The number of nitrogens with zero attached hydrogens (tertiary/aromatic N) is 2. The Hall–Kier alpha value is -2.29. The van der Waals surface area contributed by atoms with Gasteiger partial charge in [-0.15, -0.1) is 0 Å². The zero-order chi connectivity index (χ0) is 17.5. The summed E-state index contributed by atoms with van der Waals surface area (Å²) in [6, 6.07) is 16.6. The van der Waals surface area contributed by atoms with Gasteiger partial charge in [-0.1, -0.05) is 62.4 Å². The fourth-order valence-corrected chi connectivity index (χ4v) is 3.14. The Labute approximate surface area is 150 Å². The number of aryl methyl sites for hydroxylation is 2. The molecular formula is C22H28N2O. The molecule has 2 aromatic carbocycles. The first-order chi connectivity index (χ1) is 12.3. The predicted molar refractivity (Wildman–Crippen MR) is 104 cm³/mol. The highest BCUT2D eigenvalue weighted by Crippen LogP contribution is 2.20. The van der Waals surface area contributed by atoms with Crippen LogP contribution in [0.15, 0.2) is 48.5 Å². The van der Waals surface area contributed by atoms with Crippen molar-refractivity contribution in [1.82, 2.24) is 9.55 Å². The topological polar surface area (TPSA) is 27.1 Å². The van der Waals surface area contributed by atoms with E-state index < -0.39 is 0 Å². The van der Waals surface area contributed by atoms with E-state index in [4.69, 9.17) is 9.72 Å². The molecule has 1 aromatic heterocycles. The molecule has 0 aliphatic rings. The number of unbranched alkanes of at least 4 members (excludes halogenated alkanes) is 4. The lowest BCUT2D eigenvalue weighted by molar-refractivity contribution is 0.289. The van der Waals surface area contributed by atoms with Gasteiger partial charge in [0.05, 0.1) is 11.0 Å². The smallest absolute Gasteiger partial charge is 0.147 e. The van der Waals surface area contributed by atoms with Crippen LogP contribution in [0.5, 0.6) is 5.75 Å². The van der Waals surface area contributed by atoms with Gasteiger partial charge in [-0.3, -0.25) is 0 Å². The number of imidazole rings is 1. The predicted octanol–water partition coefficient (Wildman–Crippen LogP) is 5.89. The van der Waals surface area contributed by atoms with Gasteiger partial charge in [0.25, 0.3) is 0 Å². The Kier molecular flexibility index (Phi) is 6.10. The molecule has 132 valence electrons. The zero-order valence-corrected chi connectivity index (χ0v) is 15.4. The van der Waals surface area contributed by atoms with Gasteiger partial charge in [0.2, 0.25) is 0 Å². The summed E-state index contributed by atoms with van der Waals surface area (Å²) in [5.74, 6) is 1.91. The van der Waals surface area contributed by atoms with E-state index in [1.807, 2.05) is 18.2 Å². The lowest BCUT2D eigenvalue weighted by Gasteiger charge is -2.11. The van der Waals surface area contributed by atoms with E-state index in [1.165, 1.54) is 43.2 Å². The quantitative estimate of drug-likeness (QED) is 0.455. The van der Waals surface area contributed by atoms with Gasteiger partial charge < -0.3 is 9.30 Å². The van der Waals surface area contributed by atoms with Gasteiger partial charge in [-0.05, 0) is 37.6 Å². The van der Waals surface area contributed by atoms with Crippen LogP contribution in [0.25, 0.3) is 11.0 Å². The summed E-state index contributed by atoms with van der Waals surface area (Å²) in [5.41, 5.74) is 3.51. The molecule has 0 saturated carbocycles. The normalized spacial score (nSPS) is 11.1. The van der Waals surface area contributed by atoms with Gasteiger partial charge in [-0.2, -0.15) is 0 Å². The highest BCUT2D eigenvalue weighted by molar-refractivity contribution is 5.75. The molecule has 0 saturated heterocycles. The van der Waals surface area contributed by atoms with Gasteiger partial charge in [0.15, 0.2) is 0 Å². The molecule has 0 unspecified atom stereocenters. The number of fused-ring (bicyclic) bond motifs is 1. The minimum atomic E-state index is 0.507. The third-order valence-corrected chi connectivity index (χ3v) is 4.61. The van der Waals surface area contributed by atoms with Crippen molar-refractivity contribution in [1.29, 1.82) is 0 Å². The molecule has 0 fully saturated rings. The minimum absolute atomic E-state index is 0.507. The van der Waals surface area contributed by atoms with Crippen LogP contribution in [0.1, 0.15) is 50.4 Å². The van der Waals surface area contributed by atoms with Gasteiger partial charge in [0.1, 0.15) is 18.2 Å². The summed E-state index contributed by atoms with van der Waals surface area (Å²) in [6.45, 7) is 5.86. The summed E-state index contributed by atoms with van der Waals surface area (Å²) in [5, 5.41) is 0. The maximum atomic E-state index is 5.98. The lowest BCUT2D eigenvalue weighted by atomic mass is 10.1. The number of aromatic nitrogens is 2. The van der Waals surface area contributed by atoms with E-state index >= 15 is 0 Å². The van der Waals surface area contributed by atoms with E-state index in [2.05, 4.69) is 48.7 Å². The van der Waals surface area contributed by atoms with Crippen LogP contribution >= 0.6 is 0 Å². The van der Waals surface area contributed by atoms with Crippen LogP contribution in [0, 0.1) is 6.92 Å². The Morgan fingerprint density at radius 2 is 1.68 bits per heavy atom. The van der Waals surface area contributed by atoms with Gasteiger partial charge in [0, 0.05) is 6.54 Å². The van der Waals surface area contributed by atoms with E-state index in [9.17, 15) is 0 Å². The molecule has 3 rings (SSSR count). The van der Waals surface area contributed by atoms with Crippen molar-refractivity contribution in [2.24, 2.45) is 0 Å². The SMILES string of the molecule is CCCCCCCn1c(COc2ccc(C)cc2)nc2ccccc21.